The minimum atomic E-state index is -0.500. The number of benzene rings is 2. The second kappa shape index (κ2) is 9.03. The van der Waals surface area contributed by atoms with Crippen molar-refractivity contribution >= 4 is 35.2 Å². The first-order valence-corrected chi connectivity index (χ1v) is 8.96. The molecule has 0 radical (unpaired) electrons. The molecule has 0 unspecified atom stereocenters. The van der Waals surface area contributed by atoms with Gasteiger partial charge in [-0.2, -0.15) is 5.10 Å². The highest BCUT2D eigenvalue weighted by Gasteiger charge is 2.14. The fourth-order valence-corrected chi connectivity index (χ4v) is 2.64. The molecule has 148 valence electrons. The lowest BCUT2D eigenvalue weighted by Gasteiger charge is -2.05. The average Bonchev–Trinajstić information content (AvgIpc) is 3.18. The van der Waals surface area contributed by atoms with Gasteiger partial charge in [0.1, 0.15) is 11.5 Å². The van der Waals surface area contributed by atoms with Gasteiger partial charge in [-0.1, -0.05) is 11.6 Å². The average molecular weight is 414 g/mol. The Morgan fingerprint density at radius 1 is 1.24 bits per heavy atom. The van der Waals surface area contributed by atoms with Crippen LogP contribution in [0.3, 0.4) is 0 Å². The zero-order valence-electron chi connectivity index (χ0n) is 15.3. The maximum absolute atomic E-state index is 12.0. The number of anilines is 1. The van der Waals surface area contributed by atoms with E-state index in [0.717, 1.165) is 0 Å². The van der Waals surface area contributed by atoms with E-state index in [4.69, 9.17) is 20.8 Å². The third-order valence-corrected chi connectivity index (χ3v) is 4.17. The summed E-state index contributed by atoms with van der Waals surface area (Å²) in [5.41, 5.74) is 4.28. The first-order chi connectivity index (χ1) is 14.0. The molecule has 1 N–H and O–H groups in total. The topological polar surface area (TPSA) is 107 Å². The van der Waals surface area contributed by atoms with Crippen molar-refractivity contribution in [1.82, 2.24) is 0 Å². The first kappa shape index (κ1) is 20.1. The van der Waals surface area contributed by atoms with Crippen LogP contribution in [0, 0.1) is 10.1 Å². The SMILES string of the molecule is CCOC(=O)c1cc(-c2ccc(/C=N\Nc3ccc([N+](=O)[O-])cc3)o2)ccc1Cl. The quantitative estimate of drug-likeness (QED) is 0.249. The number of hydrazone groups is 1. The Bertz CT molecular complexity index is 1060. The van der Waals surface area contributed by atoms with Crippen molar-refractivity contribution in [3.05, 3.63) is 81.1 Å². The predicted molar refractivity (Wildman–Crippen MR) is 109 cm³/mol. The smallest absolute Gasteiger partial charge is 0.339 e. The summed E-state index contributed by atoms with van der Waals surface area (Å²) in [5.74, 6) is 0.506. The maximum Gasteiger partial charge on any atom is 0.339 e. The highest BCUT2D eigenvalue weighted by atomic mass is 35.5. The summed E-state index contributed by atoms with van der Waals surface area (Å²) in [6, 6.07) is 14.3. The van der Waals surface area contributed by atoms with E-state index in [9.17, 15) is 14.9 Å². The van der Waals surface area contributed by atoms with E-state index in [0.29, 0.717) is 27.8 Å². The number of non-ortho nitro benzene ring substituents is 1. The molecule has 0 saturated carbocycles. The molecule has 8 nitrogen and oxygen atoms in total. The number of carbonyl (C=O) groups excluding carboxylic acids is 1. The number of ether oxygens (including phenoxy) is 1. The predicted octanol–water partition coefficient (Wildman–Crippen LogP) is 5.13. The standard InChI is InChI=1S/C20H16ClN3O5/c1-2-28-20(25)17-11-13(3-9-18(17)21)19-10-8-16(29-19)12-22-23-14-4-6-15(7-5-14)24(26)27/h3-12,23H,2H2,1H3/b22-12-. The van der Waals surface area contributed by atoms with Crippen molar-refractivity contribution in [2.24, 2.45) is 5.10 Å². The summed E-state index contributed by atoms with van der Waals surface area (Å²) < 4.78 is 10.7. The Morgan fingerprint density at radius 2 is 2.00 bits per heavy atom. The third-order valence-electron chi connectivity index (χ3n) is 3.84. The summed E-state index contributed by atoms with van der Waals surface area (Å²) in [6.45, 7) is 1.97. The van der Waals surface area contributed by atoms with Gasteiger partial charge in [-0.15, -0.1) is 0 Å². The number of rotatable bonds is 7. The van der Waals surface area contributed by atoms with Crippen molar-refractivity contribution in [2.75, 3.05) is 12.0 Å². The highest BCUT2D eigenvalue weighted by molar-refractivity contribution is 6.33. The Kier molecular flexibility index (Phi) is 6.25. The van der Waals surface area contributed by atoms with E-state index in [1.165, 1.54) is 18.3 Å². The zero-order chi connectivity index (χ0) is 20.8. The van der Waals surface area contributed by atoms with Crippen LogP contribution >= 0.6 is 11.6 Å². The molecular weight excluding hydrogens is 398 g/mol. The van der Waals surface area contributed by atoms with Crippen LogP contribution in [-0.4, -0.2) is 23.7 Å². The molecule has 3 aromatic rings. The van der Waals surface area contributed by atoms with Crippen LogP contribution in [-0.2, 0) is 4.74 Å². The Morgan fingerprint density at radius 3 is 2.69 bits per heavy atom. The van der Waals surface area contributed by atoms with Crippen molar-refractivity contribution < 1.29 is 18.9 Å². The number of esters is 1. The van der Waals surface area contributed by atoms with Gasteiger partial charge in [0.2, 0.25) is 0 Å². The summed E-state index contributed by atoms with van der Waals surface area (Å²) in [6.07, 6.45) is 1.47. The molecule has 0 bridgehead atoms. The van der Waals surface area contributed by atoms with Crippen LogP contribution < -0.4 is 5.43 Å². The molecule has 0 aliphatic rings. The van der Waals surface area contributed by atoms with E-state index in [1.54, 1.807) is 49.4 Å². The molecule has 29 heavy (non-hydrogen) atoms. The minimum Gasteiger partial charge on any atom is -0.462 e. The van der Waals surface area contributed by atoms with Gasteiger partial charge in [0.05, 0.1) is 34.0 Å². The van der Waals surface area contributed by atoms with Gasteiger partial charge in [0.25, 0.3) is 5.69 Å². The normalized spacial score (nSPS) is 10.8. The maximum atomic E-state index is 12.0. The van der Waals surface area contributed by atoms with Crippen molar-refractivity contribution in [2.45, 2.75) is 6.92 Å². The van der Waals surface area contributed by atoms with Gasteiger partial charge in [-0.3, -0.25) is 15.5 Å². The zero-order valence-corrected chi connectivity index (χ0v) is 16.1. The van der Waals surface area contributed by atoms with E-state index in [-0.39, 0.29) is 17.9 Å². The molecule has 0 saturated heterocycles. The number of nitro benzene ring substituents is 1. The van der Waals surface area contributed by atoms with Gasteiger partial charge in [0, 0.05) is 17.7 Å². The third kappa shape index (κ3) is 4.99. The fraction of sp³-hybridized carbons (Fsp3) is 0.100. The van der Waals surface area contributed by atoms with Gasteiger partial charge in [0.15, 0.2) is 0 Å². The summed E-state index contributed by atoms with van der Waals surface area (Å²) >= 11 is 6.08. The Balaban J connectivity index is 1.70. The Labute approximate surface area is 170 Å². The fourth-order valence-electron chi connectivity index (χ4n) is 2.45. The molecule has 0 spiro atoms. The van der Waals surface area contributed by atoms with Gasteiger partial charge in [-0.05, 0) is 49.4 Å². The molecule has 0 amide bonds. The molecule has 1 aromatic heterocycles. The van der Waals surface area contributed by atoms with Gasteiger partial charge >= 0.3 is 5.97 Å². The molecule has 0 aliphatic heterocycles. The number of carbonyl (C=O) groups is 1. The van der Waals surface area contributed by atoms with Crippen molar-refractivity contribution in [1.29, 1.82) is 0 Å². The second-order valence-electron chi connectivity index (χ2n) is 5.79. The lowest BCUT2D eigenvalue weighted by molar-refractivity contribution is -0.384. The van der Waals surface area contributed by atoms with Crippen molar-refractivity contribution in [3.63, 3.8) is 0 Å². The first-order valence-electron chi connectivity index (χ1n) is 8.58. The lowest BCUT2D eigenvalue weighted by atomic mass is 10.1. The van der Waals surface area contributed by atoms with E-state index in [2.05, 4.69) is 10.5 Å². The summed E-state index contributed by atoms with van der Waals surface area (Å²) in [4.78, 5) is 22.2. The van der Waals surface area contributed by atoms with Crippen LogP contribution in [0.5, 0.6) is 0 Å². The van der Waals surface area contributed by atoms with Crippen LogP contribution in [0.1, 0.15) is 23.0 Å². The largest absolute Gasteiger partial charge is 0.462 e. The van der Waals surface area contributed by atoms with E-state index in [1.807, 2.05) is 0 Å². The van der Waals surface area contributed by atoms with Crippen LogP contribution in [0.25, 0.3) is 11.3 Å². The lowest BCUT2D eigenvalue weighted by Crippen LogP contribution is -2.05. The number of furan rings is 1. The summed E-state index contributed by atoms with van der Waals surface area (Å²) in [5, 5.41) is 15.0. The van der Waals surface area contributed by atoms with Crippen molar-refractivity contribution in [3.8, 4) is 11.3 Å². The molecule has 2 aromatic carbocycles. The van der Waals surface area contributed by atoms with Gasteiger partial charge in [-0.25, -0.2) is 4.79 Å². The molecule has 3 rings (SSSR count). The molecule has 0 atom stereocenters. The number of nitrogens with zero attached hydrogens (tertiary/aromatic N) is 2. The number of halogens is 1. The number of hydrogen-bond donors (Lipinski definition) is 1. The molecule has 0 aliphatic carbocycles. The molecular formula is C20H16ClN3O5. The number of nitro groups is 1. The molecule has 1 heterocycles. The van der Waals surface area contributed by atoms with Crippen LogP contribution in [0.15, 0.2) is 64.1 Å². The highest BCUT2D eigenvalue weighted by Crippen LogP contribution is 2.27. The number of nitrogens with one attached hydrogen (secondary N) is 1. The van der Waals surface area contributed by atoms with Crippen LogP contribution in [0.4, 0.5) is 11.4 Å². The molecule has 0 fully saturated rings. The monoisotopic (exact) mass is 413 g/mol. The van der Waals surface area contributed by atoms with Gasteiger partial charge < -0.3 is 9.15 Å². The Hall–Kier alpha value is -3.65. The molecule has 9 heteroatoms. The second-order valence-corrected chi connectivity index (χ2v) is 6.20. The van der Waals surface area contributed by atoms with E-state index >= 15 is 0 Å². The summed E-state index contributed by atoms with van der Waals surface area (Å²) in [7, 11) is 0. The number of hydrogen-bond acceptors (Lipinski definition) is 7. The minimum absolute atomic E-state index is 0.000332. The van der Waals surface area contributed by atoms with Crippen LogP contribution in [0.2, 0.25) is 5.02 Å². The van der Waals surface area contributed by atoms with E-state index < -0.39 is 10.9 Å².